The molecule has 1 aliphatic rings. The van der Waals surface area contributed by atoms with E-state index in [0.29, 0.717) is 40.8 Å². The van der Waals surface area contributed by atoms with Gasteiger partial charge in [-0.15, -0.1) is 0 Å². The third kappa shape index (κ3) is 5.22. The van der Waals surface area contributed by atoms with Crippen LogP contribution in [0.1, 0.15) is 22.5 Å². The molecular weight excluding hydrogens is 501 g/mol. The number of benzene rings is 2. The number of hydrogen-bond donors (Lipinski definition) is 1. The molecule has 1 saturated heterocycles. The van der Waals surface area contributed by atoms with E-state index in [2.05, 4.69) is 15.3 Å². The summed E-state index contributed by atoms with van der Waals surface area (Å²) in [5.41, 5.74) is 0.472. The van der Waals surface area contributed by atoms with Crippen molar-refractivity contribution in [1.29, 1.82) is 0 Å². The molecule has 2 amide bonds. The molecule has 38 heavy (non-hydrogen) atoms. The van der Waals surface area contributed by atoms with Gasteiger partial charge in [0.25, 0.3) is 5.91 Å². The number of nitrogens with zero attached hydrogens (tertiary/aromatic N) is 3. The number of fused-ring (bicyclic) bond motifs is 1. The van der Waals surface area contributed by atoms with E-state index >= 15 is 0 Å². The minimum absolute atomic E-state index is 0.00887. The smallest absolute Gasteiger partial charge is 0.417 e. The fourth-order valence-electron chi connectivity index (χ4n) is 4.17. The first kappa shape index (κ1) is 25.0. The van der Waals surface area contributed by atoms with E-state index < -0.39 is 23.7 Å². The number of aromatic nitrogens is 2. The third-order valence-corrected chi connectivity index (χ3v) is 6.02. The van der Waals surface area contributed by atoms with Crippen LogP contribution in [0.25, 0.3) is 10.9 Å². The number of ether oxygens (including phenoxy) is 2. The van der Waals surface area contributed by atoms with Gasteiger partial charge in [0.1, 0.15) is 17.2 Å². The fraction of sp³-hybridized carbons (Fsp3) is 0.185. The standard InChI is InChI=1S/C27H21F3N4O4/c1-37-23-5-3-2-4-22(23)34-15-18(13-25(34)35)32-26(36)21-9-6-16-12-19(8-10-20(16)33-21)38-24-11-7-17(14-31-24)27(28,29)30/h2-12,14,18H,13,15H2,1H3,(H,32,36). The van der Waals surface area contributed by atoms with Crippen molar-refractivity contribution in [2.45, 2.75) is 18.6 Å². The lowest BCUT2D eigenvalue weighted by Gasteiger charge is -2.19. The lowest BCUT2D eigenvalue weighted by molar-refractivity contribution is -0.137. The number of anilines is 1. The quantitative estimate of drug-likeness (QED) is 0.384. The molecule has 1 fully saturated rings. The normalized spacial score (nSPS) is 15.5. The molecule has 8 nitrogen and oxygen atoms in total. The van der Waals surface area contributed by atoms with Crippen LogP contribution in [0, 0.1) is 0 Å². The van der Waals surface area contributed by atoms with E-state index in [1.54, 1.807) is 47.4 Å². The maximum atomic E-state index is 12.9. The van der Waals surface area contributed by atoms with Gasteiger partial charge in [0.15, 0.2) is 0 Å². The molecule has 5 rings (SSSR count). The predicted octanol–water partition coefficient (Wildman–Crippen LogP) is 4.98. The van der Waals surface area contributed by atoms with Crippen LogP contribution in [-0.4, -0.2) is 41.5 Å². The molecule has 3 heterocycles. The number of carbonyl (C=O) groups excluding carboxylic acids is 2. The zero-order valence-corrected chi connectivity index (χ0v) is 20.0. The summed E-state index contributed by atoms with van der Waals surface area (Å²) >= 11 is 0. The number of nitrogens with one attached hydrogen (secondary N) is 1. The SMILES string of the molecule is COc1ccccc1N1CC(NC(=O)c2ccc3cc(Oc4ccc(C(F)(F)F)cn4)ccc3n2)CC1=O. The highest BCUT2D eigenvalue weighted by Crippen LogP contribution is 2.32. The molecule has 2 aromatic heterocycles. The molecular formula is C27H21F3N4O4. The Labute approximate surface area is 215 Å². The minimum atomic E-state index is -4.48. The summed E-state index contributed by atoms with van der Waals surface area (Å²) in [7, 11) is 1.53. The Bertz CT molecular complexity index is 1510. The number of rotatable bonds is 6. The van der Waals surface area contributed by atoms with E-state index in [4.69, 9.17) is 9.47 Å². The van der Waals surface area contributed by atoms with Gasteiger partial charge in [-0.05, 0) is 42.5 Å². The number of para-hydroxylation sites is 2. The van der Waals surface area contributed by atoms with E-state index in [1.165, 1.54) is 7.11 Å². The molecule has 194 valence electrons. The van der Waals surface area contributed by atoms with Crippen LogP contribution in [0.4, 0.5) is 18.9 Å². The molecule has 1 atom stereocenters. The Morgan fingerprint density at radius 2 is 1.89 bits per heavy atom. The van der Waals surface area contributed by atoms with Crippen molar-refractivity contribution in [2.24, 2.45) is 0 Å². The summed E-state index contributed by atoms with van der Waals surface area (Å²) in [5.74, 6) is 0.392. The van der Waals surface area contributed by atoms with Crippen LogP contribution in [0.2, 0.25) is 0 Å². The monoisotopic (exact) mass is 522 g/mol. The highest BCUT2D eigenvalue weighted by molar-refractivity contribution is 6.00. The molecule has 0 bridgehead atoms. The maximum Gasteiger partial charge on any atom is 0.417 e. The summed E-state index contributed by atoms with van der Waals surface area (Å²) in [6, 6.07) is 16.9. The molecule has 2 aromatic carbocycles. The predicted molar refractivity (Wildman–Crippen MR) is 132 cm³/mol. The second kappa shape index (κ2) is 10.0. The number of pyridine rings is 2. The third-order valence-electron chi connectivity index (χ3n) is 6.02. The Morgan fingerprint density at radius 1 is 1.08 bits per heavy atom. The van der Waals surface area contributed by atoms with Crippen molar-refractivity contribution < 1.29 is 32.2 Å². The summed E-state index contributed by atoms with van der Waals surface area (Å²) < 4.78 is 49.1. The largest absolute Gasteiger partial charge is 0.495 e. The first-order chi connectivity index (χ1) is 18.2. The van der Waals surface area contributed by atoms with E-state index in [-0.39, 0.29) is 23.9 Å². The van der Waals surface area contributed by atoms with Crippen molar-refractivity contribution in [2.75, 3.05) is 18.6 Å². The molecule has 0 aliphatic carbocycles. The van der Waals surface area contributed by atoms with Gasteiger partial charge in [-0.2, -0.15) is 13.2 Å². The Hall–Kier alpha value is -4.67. The molecule has 1 unspecified atom stereocenters. The van der Waals surface area contributed by atoms with E-state index in [0.717, 1.165) is 12.1 Å². The van der Waals surface area contributed by atoms with Gasteiger partial charge in [-0.3, -0.25) is 9.59 Å². The number of hydrogen-bond acceptors (Lipinski definition) is 6. The molecule has 4 aromatic rings. The van der Waals surface area contributed by atoms with Gasteiger partial charge in [-0.25, -0.2) is 9.97 Å². The molecule has 1 aliphatic heterocycles. The Balaban J connectivity index is 1.25. The molecule has 11 heteroatoms. The van der Waals surface area contributed by atoms with E-state index in [1.807, 2.05) is 12.1 Å². The van der Waals surface area contributed by atoms with Gasteiger partial charge in [0.2, 0.25) is 11.8 Å². The second-order valence-corrected chi connectivity index (χ2v) is 8.59. The van der Waals surface area contributed by atoms with Crippen LogP contribution in [-0.2, 0) is 11.0 Å². The summed E-state index contributed by atoms with van der Waals surface area (Å²) in [6.07, 6.45) is -3.63. The number of halogens is 3. The van der Waals surface area contributed by atoms with Crippen LogP contribution < -0.4 is 19.7 Å². The lowest BCUT2D eigenvalue weighted by Crippen LogP contribution is -2.37. The number of amides is 2. The highest BCUT2D eigenvalue weighted by Gasteiger charge is 2.33. The van der Waals surface area contributed by atoms with Gasteiger partial charge >= 0.3 is 6.18 Å². The number of carbonyl (C=O) groups is 2. The van der Waals surface area contributed by atoms with Crippen molar-refractivity contribution in [3.8, 4) is 17.4 Å². The summed E-state index contributed by atoms with van der Waals surface area (Å²) in [5, 5.41) is 3.53. The maximum absolute atomic E-state index is 12.9. The average Bonchev–Trinajstić information content (AvgIpc) is 3.27. The molecule has 0 spiro atoms. The van der Waals surface area contributed by atoms with Crippen molar-refractivity contribution in [1.82, 2.24) is 15.3 Å². The summed E-state index contributed by atoms with van der Waals surface area (Å²) in [6.45, 7) is 0.303. The topological polar surface area (TPSA) is 93.7 Å². The minimum Gasteiger partial charge on any atom is -0.495 e. The van der Waals surface area contributed by atoms with Crippen LogP contribution in [0.3, 0.4) is 0 Å². The molecule has 1 N–H and O–H groups in total. The van der Waals surface area contributed by atoms with Gasteiger partial charge in [0, 0.05) is 30.6 Å². The second-order valence-electron chi connectivity index (χ2n) is 8.59. The Kier molecular flexibility index (Phi) is 6.58. The zero-order chi connectivity index (χ0) is 26.9. The lowest BCUT2D eigenvalue weighted by atomic mass is 10.2. The number of methoxy groups -OCH3 is 1. The molecule has 0 saturated carbocycles. The van der Waals surface area contributed by atoms with Crippen molar-refractivity contribution >= 4 is 28.4 Å². The zero-order valence-electron chi connectivity index (χ0n) is 20.0. The van der Waals surface area contributed by atoms with Crippen LogP contribution in [0.5, 0.6) is 17.4 Å². The van der Waals surface area contributed by atoms with Crippen molar-refractivity contribution in [3.05, 3.63) is 84.2 Å². The van der Waals surface area contributed by atoms with Crippen molar-refractivity contribution in [3.63, 3.8) is 0 Å². The molecule has 0 radical (unpaired) electrons. The first-order valence-electron chi connectivity index (χ1n) is 11.6. The van der Waals surface area contributed by atoms with E-state index in [9.17, 15) is 22.8 Å². The van der Waals surface area contributed by atoms with Crippen LogP contribution >= 0.6 is 0 Å². The average molecular weight is 522 g/mol. The summed E-state index contributed by atoms with van der Waals surface area (Å²) in [4.78, 5) is 35.2. The number of alkyl halides is 3. The van der Waals surface area contributed by atoms with Gasteiger partial charge in [0.05, 0.1) is 29.9 Å². The van der Waals surface area contributed by atoms with Crippen LogP contribution in [0.15, 0.2) is 72.9 Å². The highest BCUT2D eigenvalue weighted by atomic mass is 19.4. The van der Waals surface area contributed by atoms with Gasteiger partial charge < -0.3 is 19.7 Å². The van der Waals surface area contributed by atoms with Gasteiger partial charge in [-0.1, -0.05) is 18.2 Å². The Morgan fingerprint density at radius 3 is 2.63 bits per heavy atom. The fourth-order valence-corrected chi connectivity index (χ4v) is 4.17. The first-order valence-corrected chi connectivity index (χ1v) is 11.6.